The van der Waals surface area contributed by atoms with Crippen LogP contribution in [0.25, 0.3) is 0 Å². The Morgan fingerprint density at radius 1 is 0.977 bits per heavy atom. The number of carbonyl (C=O) groups excluding carboxylic acids is 1. The van der Waals surface area contributed by atoms with Gasteiger partial charge in [0.15, 0.2) is 0 Å². The zero-order valence-corrected chi connectivity index (χ0v) is 26.7. The molecule has 0 aromatic heterocycles. The van der Waals surface area contributed by atoms with E-state index < -0.39 is 10.0 Å². The van der Waals surface area contributed by atoms with Crippen molar-refractivity contribution in [2.24, 2.45) is 5.92 Å². The van der Waals surface area contributed by atoms with E-state index in [1.54, 1.807) is 30.3 Å². The third-order valence-corrected chi connectivity index (χ3v) is 9.41. The number of rotatable bonds is 9. The molecular weight excluding hydrogens is 562 g/mol. The summed E-state index contributed by atoms with van der Waals surface area (Å²) in [4.78, 5) is 15.8. The van der Waals surface area contributed by atoms with Crippen molar-refractivity contribution in [3.8, 4) is 5.75 Å². The first-order chi connectivity index (χ1) is 20.6. The summed E-state index contributed by atoms with van der Waals surface area (Å²) >= 11 is 0. The van der Waals surface area contributed by atoms with Crippen LogP contribution in [-0.4, -0.2) is 77.1 Å². The first kappa shape index (κ1) is 32.7. The summed E-state index contributed by atoms with van der Waals surface area (Å²) in [6.45, 7) is 9.35. The zero-order valence-electron chi connectivity index (χ0n) is 25.8. The molecule has 0 spiro atoms. The number of amides is 1. The zero-order chi connectivity index (χ0) is 30.8. The SMILES string of the molecule is CC(C)CCN1CCOCCOc2ccc(C(=O)NCCc3ccc(S(=O)(=O)N(C)C)cc3)cc2Cc2cccc(c2)C1. The molecule has 1 amide bonds. The lowest BCUT2D eigenvalue weighted by molar-refractivity contribution is 0.0764. The Bertz CT molecular complexity index is 1460. The van der Waals surface area contributed by atoms with E-state index in [0.717, 1.165) is 42.9 Å². The third-order valence-electron chi connectivity index (χ3n) is 7.58. The molecule has 4 rings (SSSR count). The van der Waals surface area contributed by atoms with Crippen molar-refractivity contribution in [2.75, 3.05) is 53.6 Å². The molecule has 8 nitrogen and oxygen atoms in total. The smallest absolute Gasteiger partial charge is 0.251 e. The Labute approximate surface area is 257 Å². The number of nitrogens with zero attached hydrogens (tertiary/aromatic N) is 2. The predicted octanol–water partition coefficient (Wildman–Crippen LogP) is 4.76. The standard InChI is InChI=1S/C34H45N3O5S/c1-26(2)15-17-37-18-19-41-20-21-42-33-13-10-30(24-31(33)23-28-6-5-7-29(22-28)25-37)34(38)35-16-14-27-8-11-32(12-9-27)43(39,40)36(3)4/h5-13,22,24,26H,14-21,23,25H2,1-4H3,(H,35,38). The highest BCUT2D eigenvalue weighted by molar-refractivity contribution is 7.89. The van der Waals surface area contributed by atoms with Crippen LogP contribution in [0.4, 0.5) is 0 Å². The van der Waals surface area contributed by atoms with Crippen LogP contribution in [0.1, 0.15) is 52.9 Å². The Balaban J connectivity index is 1.43. The van der Waals surface area contributed by atoms with Crippen LogP contribution in [-0.2, 0) is 34.1 Å². The van der Waals surface area contributed by atoms with Gasteiger partial charge in [0.25, 0.3) is 5.91 Å². The lowest BCUT2D eigenvalue weighted by Crippen LogP contribution is -2.29. The minimum Gasteiger partial charge on any atom is -0.491 e. The number of sulfonamides is 1. The van der Waals surface area contributed by atoms with Crippen LogP contribution in [0.3, 0.4) is 0 Å². The molecule has 0 saturated carbocycles. The summed E-state index contributed by atoms with van der Waals surface area (Å²) in [5.74, 6) is 1.25. The molecule has 1 N–H and O–H groups in total. The molecule has 9 heteroatoms. The second kappa shape index (κ2) is 15.5. The summed E-state index contributed by atoms with van der Waals surface area (Å²) in [7, 11) is -0.447. The van der Waals surface area contributed by atoms with E-state index in [1.165, 1.54) is 29.5 Å². The minimum atomic E-state index is -3.47. The highest BCUT2D eigenvalue weighted by atomic mass is 32.2. The van der Waals surface area contributed by atoms with Crippen LogP contribution in [0.5, 0.6) is 5.75 Å². The van der Waals surface area contributed by atoms with E-state index in [0.29, 0.717) is 50.7 Å². The second-order valence-corrected chi connectivity index (χ2v) is 13.8. The van der Waals surface area contributed by atoms with Crippen LogP contribution >= 0.6 is 0 Å². The molecule has 0 unspecified atom stereocenters. The van der Waals surface area contributed by atoms with Crippen molar-refractivity contribution in [2.45, 2.75) is 44.6 Å². The molecule has 1 aliphatic rings. The number of carbonyl (C=O) groups is 1. The van der Waals surface area contributed by atoms with Crippen molar-refractivity contribution in [1.82, 2.24) is 14.5 Å². The molecule has 3 aromatic carbocycles. The predicted molar refractivity (Wildman–Crippen MR) is 170 cm³/mol. The highest BCUT2D eigenvalue weighted by Crippen LogP contribution is 2.25. The van der Waals surface area contributed by atoms with Gasteiger partial charge in [-0.15, -0.1) is 0 Å². The normalized spacial score (nSPS) is 15.0. The maximum Gasteiger partial charge on any atom is 0.251 e. The van der Waals surface area contributed by atoms with Gasteiger partial charge in [0.1, 0.15) is 12.4 Å². The van der Waals surface area contributed by atoms with Gasteiger partial charge < -0.3 is 14.8 Å². The van der Waals surface area contributed by atoms with E-state index in [4.69, 9.17) is 9.47 Å². The number of hydrogen-bond donors (Lipinski definition) is 1. The first-order valence-corrected chi connectivity index (χ1v) is 16.5. The Hall–Kier alpha value is -3.24. The van der Waals surface area contributed by atoms with E-state index in [-0.39, 0.29) is 10.8 Å². The fraction of sp³-hybridized carbons (Fsp3) is 0.441. The van der Waals surface area contributed by atoms with Gasteiger partial charge in [-0.3, -0.25) is 9.69 Å². The summed E-state index contributed by atoms with van der Waals surface area (Å²) < 4.78 is 37.8. The Kier molecular flexibility index (Phi) is 11.8. The summed E-state index contributed by atoms with van der Waals surface area (Å²) in [6.07, 6.45) is 2.39. The van der Waals surface area contributed by atoms with E-state index in [2.05, 4.69) is 48.3 Å². The molecule has 0 atom stereocenters. The van der Waals surface area contributed by atoms with E-state index in [9.17, 15) is 13.2 Å². The van der Waals surface area contributed by atoms with Crippen molar-refractivity contribution < 1.29 is 22.7 Å². The lowest BCUT2D eigenvalue weighted by Gasteiger charge is -2.24. The van der Waals surface area contributed by atoms with E-state index >= 15 is 0 Å². The average Bonchev–Trinajstić information content (AvgIpc) is 2.98. The minimum absolute atomic E-state index is 0.160. The molecule has 0 fully saturated rings. The molecule has 0 radical (unpaired) electrons. The number of nitrogens with one attached hydrogen (secondary N) is 1. The average molecular weight is 608 g/mol. The Morgan fingerprint density at radius 3 is 2.49 bits per heavy atom. The second-order valence-electron chi connectivity index (χ2n) is 11.7. The van der Waals surface area contributed by atoms with Crippen molar-refractivity contribution in [3.05, 3.63) is 94.5 Å². The molecule has 0 aliphatic carbocycles. The maximum absolute atomic E-state index is 13.1. The van der Waals surface area contributed by atoms with Crippen molar-refractivity contribution in [1.29, 1.82) is 0 Å². The molecule has 43 heavy (non-hydrogen) atoms. The first-order valence-electron chi connectivity index (χ1n) is 15.0. The molecule has 2 bridgehead atoms. The monoisotopic (exact) mass is 607 g/mol. The van der Waals surface area contributed by atoms with Gasteiger partial charge in [-0.1, -0.05) is 50.2 Å². The van der Waals surface area contributed by atoms with Crippen LogP contribution < -0.4 is 10.1 Å². The van der Waals surface area contributed by atoms with Gasteiger partial charge in [-0.05, 0) is 77.9 Å². The molecule has 0 saturated heterocycles. The summed E-state index contributed by atoms with van der Waals surface area (Å²) in [5.41, 5.74) is 4.92. The van der Waals surface area contributed by atoms with Gasteiger partial charge in [-0.2, -0.15) is 0 Å². The van der Waals surface area contributed by atoms with Gasteiger partial charge in [-0.25, -0.2) is 12.7 Å². The van der Waals surface area contributed by atoms with E-state index in [1.807, 2.05) is 12.1 Å². The lowest BCUT2D eigenvalue weighted by atomic mass is 9.99. The fourth-order valence-electron chi connectivity index (χ4n) is 4.99. The number of hydrogen-bond acceptors (Lipinski definition) is 6. The molecule has 1 aliphatic heterocycles. The fourth-order valence-corrected chi connectivity index (χ4v) is 5.90. The quantitative estimate of drug-likeness (QED) is 0.378. The molecular formula is C34H45N3O5S. The molecule has 1 heterocycles. The number of ether oxygens (including phenoxy) is 2. The Morgan fingerprint density at radius 2 is 1.74 bits per heavy atom. The topological polar surface area (TPSA) is 88.2 Å². The van der Waals surface area contributed by atoms with Gasteiger partial charge >= 0.3 is 0 Å². The van der Waals surface area contributed by atoms with Gasteiger partial charge in [0.05, 0.1) is 18.1 Å². The highest BCUT2D eigenvalue weighted by Gasteiger charge is 2.17. The van der Waals surface area contributed by atoms with Crippen molar-refractivity contribution in [3.63, 3.8) is 0 Å². The van der Waals surface area contributed by atoms with Crippen LogP contribution in [0.15, 0.2) is 71.6 Å². The van der Waals surface area contributed by atoms with Gasteiger partial charge in [0, 0.05) is 45.7 Å². The molecule has 232 valence electrons. The number of benzene rings is 3. The summed E-state index contributed by atoms with van der Waals surface area (Å²) in [5, 5.41) is 3.00. The maximum atomic E-state index is 13.1. The van der Waals surface area contributed by atoms with Crippen LogP contribution in [0, 0.1) is 5.92 Å². The summed E-state index contributed by atoms with van der Waals surface area (Å²) in [6, 6.07) is 21.0. The molecule has 3 aromatic rings. The number of fused-ring (bicyclic) bond motifs is 3. The third kappa shape index (κ3) is 9.63. The van der Waals surface area contributed by atoms with Crippen LogP contribution in [0.2, 0.25) is 0 Å². The largest absolute Gasteiger partial charge is 0.491 e. The van der Waals surface area contributed by atoms with Gasteiger partial charge in [0.2, 0.25) is 10.0 Å². The van der Waals surface area contributed by atoms with Crippen molar-refractivity contribution >= 4 is 15.9 Å².